The van der Waals surface area contributed by atoms with E-state index in [2.05, 4.69) is 35.4 Å². The monoisotopic (exact) mass is 454 g/mol. The smallest absolute Gasteiger partial charge is 0.255 e. The molecule has 1 fully saturated rings. The zero-order valence-electron chi connectivity index (χ0n) is 17.6. The van der Waals surface area contributed by atoms with Gasteiger partial charge in [-0.15, -0.1) is 11.8 Å². The zero-order chi connectivity index (χ0) is 21.2. The van der Waals surface area contributed by atoms with E-state index >= 15 is 0 Å². The van der Waals surface area contributed by atoms with Crippen LogP contribution in [0.5, 0.6) is 11.5 Å². The lowest BCUT2D eigenvalue weighted by atomic mass is 10.1. The number of hydrogen-bond donors (Lipinski definition) is 0. The van der Waals surface area contributed by atoms with Crippen LogP contribution in [0.2, 0.25) is 0 Å². The fourth-order valence-corrected chi connectivity index (χ4v) is 5.60. The van der Waals surface area contributed by atoms with Gasteiger partial charge in [0, 0.05) is 41.6 Å². The molecule has 0 amide bonds. The van der Waals surface area contributed by atoms with E-state index in [4.69, 9.17) is 9.47 Å². The molecule has 0 radical (unpaired) electrons. The molecule has 3 aromatic rings. The van der Waals surface area contributed by atoms with Gasteiger partial charge in [-0.25, -0.2) is 0 Å². The summed E-state index contributed by atoms with van der Waals surface area (Å²) >= 11 is 3.67. The Labute approximate surface area is 190 Å². The molecule has 0 N–H and O–H groups in total. The quantitative estimate of drug-likeness (QED) is 0.541. The molecule has 0 spiro atoms. The van der Waals surface area contributed by atoms with Gasteiger partial charge in [0.25, 0.3) is 5.56 Å². The minimum absolute atomic E-state index is 0.0754. The molecule has 31 heavy (non-hydrogen) atoms. The summed E-state index contributed by atoms with van der Waals surface area (Å²) in [4.78, 5) is 17.1. The second-order valence-corrected chi connectivity index (χ2v) is 10.0. The summed E-state index contributed by atoms with van der Waals surface area (Å²) in [6.45, 7) is 3.66. The fraction of sp³-hybridized carbons (Fsp3) is 0.375. The van der Waals surface area contributed by atoms with Crippen molar-refractivity contribution < 1.29 is 9.47 Å². The van der Waals surface area contributed by atoms with Gasteiger partial charge in [-0.2, -0.15) is 11.8 Å². The summed E-state index contributed by atoms with van der Waals surface area (Å²) in [6.07, 6.45) is 1.84. The van der Waals surface area contributed by atoms with Crippen LogP contribution >= 0.6 is 23.5 Å². The summed E-state index contributed by atoms with van der Waals surface area (Å²) in [5.74, 6) is 3.76. The largest absolute Gasteiger partial charge is 0.486 e. The van der Waals surface area contributed by atoms with E-state index in [1.165, 1.54) is 0 Å². The Bertz CT molecular complexity index is 1140. The maximum atomic E-state index is 13.6. The van der Waals surface area contributed by atoms with Crippen LogP contribution in [0.15, 0.2) is 58.2 Å². The Morgan fingerprint density at radius 3 is 2.71 bits per heavy atom. The molecule has 2 aliphatic rings. The number of rotatable bonds is 5. The van der Waals surface area contributed by atoms with E-state index < -0.39 is 0 Å². The second kappa shape index (κ2) is 9.18. The Morgan fingerprint density at radius 1 is 1.10 bits per heavy atom. The highest BCUT2D eigenvalue weighted by Gasteiger charge is 2.23. The molecule has 0 bridgehead atoms. The maximum absolute atomic E-state index is 13.6. The lowest BCUT2D eigenvalue weighted by Crippen LogP contribution is -2.39. The number of ether oxygens (including phenoxy) is 2. The van der Waals surface area contributed by atoms with Crippen LogP contribution in [0.1, 0.15) is 5.56 Å². The van der Waals surface area contributed by atoms with Crippen LogP contribution in [0.3, 0.4) is 0 Å². The maximum Gasteiger partial charge on any atom is 0.255 e. The summed E-state index contributed by atoms with van der Waals surface area (Å²) in [5, 5.41) is 1.09. The highest BCUT2D eigenvalue weighted by atomic mass is 32.2. The van der Waals surface area contributed by atoms with Crippen LogP contribution in [-0.2, 0) is 13.1 Å². The molecule has 1 atom stereocenters. The first kappa shape index (κ1) is 20.8. The third-order valence-corrected chi connectivity index (χ3v) is 7.50. The minimum Gasteiger partial charge on any atom is -0.486 e. The summed E-state index contributed by atoms with van der Waals surface area (Å²) in [7, 11) is 0. The van der Waals surface area contributed by atoms with Crippen LogP contribution < -0.4 is 15.0 Å². The van der Waals surface area contributed by atoms with Gasteiger partial charge in [-0.05, 0) is 42.0 Å². The SMILES string of the molecule is CSc1ccc2cc(CN3CCSCC3)c(=O)n(CC3COc4ccccc4O3)c2c1. The van der Waals surface area contributed by atoms with Gasteiger partial charge in [-0.1, -0.05) is 18.2 Å². The molecular weight excluding hydrogens is 428 g/mol. The van der Waals surface area contributed by atoms with Gasteiger partial charge in [0.1, 0.15) is 6.61 Å². The van der Waals surface area contributed by atoms with Crippen molar-refractivity contribution in [1.82, 2.24) is 9.47 Å². The van der Waals surface area contributed by atoms with Gasteiger partial charge >= 0.3 is 0 Å². The van der Waals surface area contributed by atoms with Crippen molar-refractivity contribution in [3.8, 4) is 11.5 Å². The third kappa shape index (κ3) is 4.45. The van der Waals surface area contributed by atoms with Gasteiger partial charge in [0.05, 0.1) is 12.1 Å². The minimum atomic E-state index is -0.213. The van der Waals surface area contributed by atoms with Crippen molar-refractivity contribution in [3.63, 3.8) is 0 Å². The average Bonchev–Trinajstić information content (AvgIpc) is 2.82. The van der Waals surface area contributed by atoms with Crippen LogP contribution in [-0.4, -0.2) is 53.0 Å². The second-order valence-electron chi connectivity index (χ2n) is 7.90. The van der Waals surface area contributed by atoms with E-state index in [0.717, 1.165) is 57.5 Å². The molecular formula is C24H26N2O3S2. The van der Waals surface area contributed by atoms with E-state index in [1.54, 1.807) is 11.8 Å². The van der Waals surface area contributed by atoms with Crippen LogP contribution in [0, 0.1) is 0 Å². The Kier molecular flexibility index (Phi) is 6.16. The van der Waals surface area contributed by atoms with E-state index in [9.17, 15) is 4.79 Å². The number of nitrogens with zero attached hydrogens (tertiary/aromatic N) is 2. The molecule has 1 aromatic heterocycles. The molecule has 0 aliphatic carbocycles. The number of aromatic nitrogens is 1. The molecule has 1 saturated heterocycles. The predicted octanol–water partition coefficient (Wildman–Crippen LogP) is 4.11. The first-order valence-electron chi connectivity index (χ1n) is 10.6. The van der Waals surface area contributed by atoms with Crippen molar-refractivity contribution >= 4 is 34.4 Å². The highest BCUT2D eigenvalue weighted by molar-refractivity contribution is 7.99. The standard InChI is InChI=1S/C24H26N2O3S2/c1-30-20-7-6-17-12-18(14-25-8-10-31-11-9-25)24(27)26(21(17)13-20)15-19-16-28-22-4-2-3-5-23(22)29-19/h2-7,12-13,19H,8-11,14-16H2,1H3. The number of benzene rings is 2. The molecule has 2 aliphatic heterocycles. The van der Waals surface area contributed by atoms with Crippen molar-refractivity contribution in [2.75, 3.05) is 37.5 Å². The van der Waals surface area contributed by atoms with E-state index in [1.807, 2.05) is 40.6 Å². The van der Waals surface area contributed by atoms with Crippen LogP contribution in [0.25, 0.3) is 10.9 Å². The number of fused-ring (bicyclic) bond motifs is 2. The lowest BCUT2D eigenvalue weighted by Gasteiger charge is -2.28. The fourth-order valence-electron chi connectivity index (χ4n) is 4.19. The molecule has 2 aromatic carbocycles. The highest BCUT2D eigenvalue weighted by Crippen LogP contribution is 2.31. The predicted molar refractivity (Wildman–Crippen MR) is 129 cm³/mol. The van der Waals surface area contributed by atoms with Gasteiger partial charge < -0.3 is 14.0 Å². The Balaban J connectivity index is 1.51. The Morgan fingerprint density at radius 2 is 1.90 bits per heavy atom. The number of para-hydroxylation sites is 2. The van der Waals surface area contributed by atoms with E-state index in [0.29, 0.717) is 19.7 Å². The first-order valence-corrected chi connectivity index (χ1v) is 13.0. The average molecular weight is 455 g/mol. The molecule has 0 saturated carbocycles. The van der Waals surface area contributed by atoms with Gasteiger partial charge in [0.15, 0.2) is 17.6 Å². The Hall–Kier alpha value is -2.09. The van der Waals surface area contributed by atoms with Crippen molar-refractivity contribution in [2.24, 2.45) is 0 Å². The van der Waals surface area contributed by atoms with Crippen molar-refractivity contribution in [3.05, 3.63) is 64.4 Å². The molecule has 162 valence electrons. The topological polar surface area (TPSA) is 43.7 Å². The van der Waals surface area contributed by atoms with Crippen molar-refractivity contribution in [2.45, 2.75) is 24.1 Å². The summed E-state index contributed by atoms with van der Waals surface area (Å²) in [6, 6.07) is 16.1. The number of hydrogen-bond acceptors (Lipinski definition) is 6. The van der Waals surface area contributed by atoms with Gasteiger partial charge in [-0.3, -0.25) is 9.69 Å². The first-order chi connectivity index (χ1) is 15.2. The molecule has 5 nitrogen and oxygen atoms in total. The molecule has 5 rings (SSSR count). The van der Waals surface area contributed by atoms with Crippen molar-refractivity contribution in [1.29, 1.82) is 0 Å². The number of thioether (sulfide) groups is 2. The lowest BCUT2D eigenvalue weighted by molar-refractivity contribution is 0.0786. The molecule has 3 heterocycles. The number of pyridine rings is 1. The van der Waals surface area contributed by atoms with E-state index in [-0.39, 0.29) is 11.7 Å². The van der Waals surface area contributed by atoms with Gasteiger partial charge in [0.2, 0.25) is 0 Å². The molecule has 7 heteroatoms. The normalized spacial score (nSPS) is 18.9. The third-order valence-electron chi connectivity index (χ3n) is 5.83. The summed E-state index contributed by atoms with van der Waals surface area (Å²) in [5.41, 5.74) is 1.89. The molecule has 1 unspecified atom stereocenters. The summed E-state index contributed by atoms with van der Waals surface area (Å²) < 4.78 is 14.0. The zero-order valence-corrected chi connectivity index (χ0v) is 19.2. The van der Waals surface area contributed by atoms with Crippen LogP contribution in [0.4, 0.5) is 0 Å².